The van der Waals surface area contributed by atoms with Crippen LogP contribution in [-0.4, -0.2) is 67.5 Å². The first-order valence-electron chi connectivity index (χ1n) is 8.41. The molecule has 1 aromatic carbocycles. The molecule has 0 aromatic heterocycles. The molecule has 5 nitrogen and oxygen atoms in total. The Balaban J connectivity index is 1.55. The van der Waals surface area contributed by atoms with Crippen molar-refractivity contribution in [2.24, 2.45) is 11.8 Å². The zero-order chi connectivity index (χ0) is 16.1. The van der Waals surface area contributed by atoms with Crippen molar-refractivity contribution >= 4 is 0 Å². The number of aliphatic hydroxyl groups is 1. The third-order valence-corrected chi connectivity index (χ3v) is 4.97. The summed E-state index contributed by atoms with van der Waals surface area (Å²) in [6, 6.07) is 9.96. The van der Waals surface area contributed by atoms with Gasteiger partial charge in [-0.2, -0.15) is 5.26 Å². The molecule has 124 valence electrons. The van der Waals surface area contributed by atoms with Gasteiger partial charge in [-0.3, -0.25) is 9.80 Å². The van der Waals surface area contributed by atoms with E-state index in [9.17, 15) is 5.11 Å². The largest absolute Gasteiger partial charge is 0.396 e. The summed E-state index contributed by atoms with van der Waals surface area (Å²) in [4.78, 5) is 4.88. The van der Waals surface area contributed by atoms with Crippen LogP contribution in [0.2, 0.25) is 0 Å². The molecular formula is C18H25N3O2. The highest BCUT2D eigenvalue weighted by Crippen LogP contribution is 2.26. The Labute approximate surface area is 138 Å². The van der Waals surface area contributed by atoms with Crippen LogP contribution in [0.1, 0.15) is 11.1 Å². The van der Waals surface area contributed by atoms with Gasteiger partial charge in [0.1, 0.15) is 0 Å². The summed E-state index contributed by atoms with van der Waals surface area (Å²) >= 11 is 0. The van der Waals surface area contributed by atoms with E-state index in [0.717, 1.165) is 52.5 Å². The van der Waals surface area contributed by atoms with Crippen molar-refractivity contribution in [2.45, 2.75) is 6.54 Å². The van der Waals surface area contributed by atoms with Gasteiger partial charge in [-0.25, -0.2) is 0 Å². The van der Waals surface area contributed by atoms with Crippen LogP contribution < -0.4 is 0 Å². The Morgan fingerprint density at radius 3 is 2.43 bits per heavy atom. The number of morpholine rings is 1. The Bertz CT molecular complexity index is 534. The number of aliphatic hydroxyl groups excluding tert-OH is 1. The van der Waals surface area contributed by atoms with Crippen LogP contribution in [0.4, 0.5) is 0 Å². The fourth-order valence-electron chi connectivity index (χ4n) is 3.64. The smallest absolute Gasteiger partial charge is 0.0991 e. The molecule has 2 atom stereocenters. The topological polar surface area (TPSA) is 59.7 Å². The summed E-state index contributed by atoms with van der Waals surface area (Å²) < 4.78 is 5.41. The molecule has 23 heavy (non-hydrogen) atoms. The molecule has 2 aliphatic rings. The first kappa shape index (κ1) is 16.4. The van der Waals surface area contributed by atoms with Crippen LogP contribution in [0.3, 0.4) is 0 Å². The number of hydrogen-bond donors (Lipinski definition) is 1. The lowest BCUT2D eigenvalue weighted by atomic mass is 9.96. The lowest BCUT2D eigenvalue weighted by Gasteiger charge is -2.30. The Hall–Kier alpha value is -1.45. The van der Waals surface area contributed by atoms with Crippen LogP contribution in [0.15, 0.2) is 24.3 Å². The summed E-state index contributed by atoms with van der Waals surface area (Å²) in [5.74, 6) is 0.882. The molecule has 3 rings (SSSR count). The molecule has 0 spiro atoms. The SMILES string of the molecule is N#Cc1ccc(CN2C[C@@H](CN3CCOCC3)[C@@H](CO)C2)cc1. The average Bonchev–Trinajstić information content (AvgIpc) is 2.98. The highest BCUT2D eigenvalue weighted by molar-refractivity contribution is 5.31. The second-order valence-electron chi connectivity index (χ2n) is 6.62. The van der Waals surface area contributed by atoms with Gasteiger partial charge >= 0.3 is 0 Å². The van der Waals surface area contributed by atoms with E-state index in [1.165, 1.54) is 5.56 Å². The maximum absolute atomic E-state index is 9.71. The van der Waals surface area contributed by atoms with E-state index in [1.54, 1.807) is 0 Å². The molecule has 0 bridgehead atoms. The summed E-state index contributed by atoms with van der Waals surface area (Å²) in [6.45, 7) is 7.85. The lowest BCUT2D eigenvalue weighted by Crippen LogP contribution is -2.41. The van der Waals surface area contributed by atoms with Crippen molar-refractivity contribution in [1.82, 2.24) is 9.80 Å². The molecule has 0 aliphatic carbocycles. The van der Waals surface area contributed by atoms with E-state index in [4.69, 9.17) is 10.00 Å². The van der Waals surface area contributed by atoms with Gasteiger partial charge in [0.05, 0.1) is 24.8 Å². The molecule has 2 saturated heterocycles. The van der Waals surface area contributed by atoms with Gasteiger partial charge in [0.15, 0.2) is 0 Å². The molecule has 2 heterocycles. The van der Waals surface area contributed by atoms with Gasteiger partial charge < -0.3 is 9.84 Å². The van der Waals surface area contributed by atoms with Gasteiger partial charge in [-0.1, -0.05) is 12.1 Å². The van der Waals surface area contributed by atoms with Crippen molar-refractivity contribution < 1.29 is 9.84 Å². The van der Waals surface area contributed by atoms with E-state index >= 15 is 0 Å². The Morgan fingerprint density at radius 2 is 1.78 bits per heavy atom. The van der Waals surface area contributed by atoms with E-state index in [1.807, 2.05) is 24.3 Å². The first-order chi connectivity index (χ1) is 11.3. The fourth-order valence-corrected chi connectivity index (χ4v) is 3.64. The minimum atomic E-state index is 0.263. The molecular weight excluding hydrogens is 290 g/mol. The van der Waals surface area contributed by atoms with Crippen molar-refractivity contribution in [3.8, 4) is 6.07 Å². The molecule has 2 aliphatic heterocycles. The number of ether oxygens (including phenoxy) is 1. The van der Waals surface area contributed by atoms with Crippen molar-refractivity contribution in [3.63, 3.8) is 0 Å². The first-order valence-corrected chi connectivity index (χ1v) is 8.41. The van der Waals surface area contributed by atoms with Gasteiger partial charge in [-0.05, 0) is 29.5 Å². The predicted molar refractivity (Wildman–Crippen MR) is 87.8 cm³/mol. The molecule has 1 N–H and O–H groups in total. The van der Waals surface area contributed by atoms with Crippen molar-refractivity contribution in [1.29, 1.82) is 5.26 Å². The van der Waals surface area contributed by atoms with Gasteiger partial charge in [0.25, 0.3) is 0 Å². The molecule has 0 unspecified atom stereocenters. The van der Waals surface area contributed by atoms with E-state index < -0.39 is 0 Å². The number of nitrogens with zero attached hydrogens (tertiary/aromatic N) is 3. The van der Waals surface area contributed by atoms with Crippen LogP contribution in [0.25, 0.3) is 0 Å². The van der Waals surface area contributed by atoms with Crippen LogP contribution in [-0.2, 0) is 11.3 Å². The fraction of sp³-hybridized carbons (Fsp3) is 0.611. The quantitative estimate of drug-likeness (QED) is 0.876. The van der Waals surface area contributed by atoms with Crippen molar-refractivity contribution in [2.75, 3.05) is 52.5 Å². The predicted octanol–water partition coefficient (Wildman–Crippen LogP) is 0.931. The number of nitriles is 1. The minimum Gasteiger partial charge on any atom is -0.396 e. The summed E-state index contributed by atoms with van der Waals surface area (Å²) in [5, 5.41) is 18.6. The second kappa shape index (κ2) is 7.89. The van der Waals surface area contributed by atoms with Crippen LogP contribution >= 0.6 is 0 Å². The van der Waals surface area contributed by atoms with E-state index in [-0.39, 0.29) is 6.61 Å². The monoisotopic (exact) mass is 315 g/mol. The van der Waals surface area contributed by atoms with Crippen molar-refractivity contribution in [3.05, 3.63) is 35.4 Å². The molecule has 0 amide bonds. The molecule has 0 saturated carbocycles. The Kier molecular flexibility index (Phi) is 5.63. The van der Waals surface area contributed by atoms with Crippen LogP contribution in [0, 0.1) is 23.2 Å². The van der Waals surface area contributed by atoms with E-state index in [0.29, 0.717) is 17.4 Å². The van der Waals surface area contributed by atoms with Crippen LogP contribution in [0.5, 0.6) is 0 Å². The third-order valence-electron chi connectivity index (χ3n) is 4.97. The highest BCUT2D eigenvalue weighted by Gasteiger charge is 2.33. The zero-order valence-corrected chi connectivity index (χ0v) is 13.5. The Morgan fingerprint density at radius 1 is 1.09 bits per heavy atom. The molecule has 5 heteroatoms. The average molecular weight is 315 g/mol. The van der Waals surface area contributed by atoms with Gasteiger partial charge in [0, 0.05) is 45.9 Å². The van der Waals surface area contributed by atoms with Gasteiger partial charge in [0.2, 0.25) is 0 Å². The zero-order valence-electron chi connectivity index (χ0n) is 13.5. The molecule has 1 aromatic rings. The van der Waals surface area contributed by atoms with Gasteiger partial charge in [-0.15, -0.1) is 0 Å². The normalized spacial score (nSPS) is 26.3. The summed E-state index contributed by atoms with van der Waals surface area (Å²) in [5.41, 5.74) is 1.93. The van der Waals surface area contributed by atoms with E-state index in [2.05, 4.69) is 15.9 Å². The minimum absolute atomic E-state index is 0.263. The number of benzene rings is 1. The number of hydrogen-bond acceptors (Lipinski definition) is 5. The number of likely N-dealkylation sites (tertiary alicyclic amines) is 1. The third kappa shape index (κ3) is 4.30. The standard InChI is InChI=1S/C18H25N3O2/c19-9-15-1-3-16(4-2-15)10-21-12-17(18(13-21)14-22)11-20-5-7-23-8-6-20/h1-4,17-18,22H,5-8,10-14H2/t17-,18-/m1/s1. The highest BCUT2D eigenvalue weighted by atomic mass is 16.5. The maximum Gasteiger partial charge on any atom is 0.0991 e. The molecule has 0 radical (unpaired) electrons. The molecule has 2 fully saturated rings. The lowest BCUT2D eigenvalue weighted by molar-refractivity contribution is 0.0264. The second-order valence-corrected chi connectivity index (χ2v) is 6.62. The number of rotatable bonds is 5. The summed E-state index contributed by atoms with van der Waals surface area (Å²) in [6.07, 6.45) is 0. The summed E-state index contributed by atoms with van der Waals surface area (Å²) in [7, 11) is 0. The maximum atomic E-state index is 9.71.